The van der Waals surface area contributed by atoms with Gasteiger partial charge in [-0.2, -0.15) is 5.10 Å². The van der Waals surface area contributed by atoms with Gasteiger partial charge in [-0.15, -0.1) is 0 Å². The molecule has 4 nitrogen and oxygen atoms in total. The van der Waals surface area contributed by atoms with Crippen LogP contribution in [0.25, 0.3) is 0 Å². The Morgan fingerprint density at radius 1 is 1.64 bits per heavy atom. The highest BCUT2D eigenvalue weighted by atomic mass is 16.1. The lowest BCUT2D eigenvalue weighted by molar-refractivity contribution is 0.0941. The summed E-state index contributed by atoms with van der Waals surface area (Å²) in [5, 5.41) is 3.94. The smallest absolute Gasteiger partial charge is 0.197 e. The molecule has 0 unspecified atom stereocenters. The molecule has 0 saturated carbocycles. The molecule has 0 fully saturated rings. The molecule has 1 heterocycles. The predicted octanol–water partition coefficient (Wildman–Crippen LogP) is 0.976. The van der Waals surface area contributed by atoms with Crippen LogP contribution in [0.3, 0.4) is 0 Å². The maximum absolute atomic E-state index is 11.8. The van der Waals surface area contributed by atoms with Crippen LogP contribution in [0.15, 0.2) is 12.3 Å². The molecular formula is C10H17N3O. The molecule has 0 spiro atoms. The lowest BCUT2D eigenvalue weighted by atomic mass is 9.99. The van der Waals surface area contributed by atoms with Crippen molar-refractivity contribution in [2.24, 2.45) is 18.7 Å². The van der Waals surface area contributed by atoms with E-state index in [9.17, 15) is 4.79 Å². The van der Waals surface area contributed by atoms with Gasteiger partial charge < -0.3 is 5.73 Å². The second kappa shape index (κ2) is 4.37. The van der Waals surface area contributed by atoms with Crippen molar-refractivity contribution in [2.45, 2.75) is 26.3 Å². The van der Waals surface area contributed by atoms with E-state index in [-0.39, 0.29) is 5.78 Å². The van der Waals surface area contributed by atoms with Gasteiger partial charge >= 0.3 is 0 Å². The summed E-state index contributed by atoms with van der Waals surface area (Å²) in [7, 11) is 1.75. The molecule has 4 heteroatoms. The number of Topliss-reactive ketones (excluding diaryl/α,β-unsaturated/α-hetero) is 1. The third kappa shape index (κ3) is 2.42. The monoisotopic (exact) mass is 195 g/mol. The van der Waals surface area contributed by atoms with E-state index >= 15 is 0 Å². The van der Waals surface area contributed by atoms with Gasteiger partial charge in [0.15, 0.2) is 5.78 Å². The van der Waals surface area contributed by atoms with Gasteiger partial charge in [-0.25, -0.2) is 0 Å². The van der Waals surface area contributed by atoms with E-state index in [1.54, 1.807) is 24.0 Å². The maximum atomic E-state index is 11.8. The number of hydrogen-bond donors (Lipinski definition) is 1. The molecule has 0 aromatic carbocycles. The van der Waals surface area contributed by atoms with Gasteiger partial charge in [0.1, 0.15) is 5.69 Å². The Labute approximate surface area is 84.1 Å². The van der Waals surface area contributed by atoms with Gasteiger partial charge in [0, 0.05) is 13.2 Å². The van der Waals surface area contributed by atoms with Crippen molar-refractivity contribution >= 4 is 5.78 Å². The highest BCUT2D eigenvalue weighted by molar-refractivity contribution is 5.98. The number of aryl methyl sites for hydroxylation is 1. The van der Waals surface area contributed by atoms with Crippen LogP contribution in [0.1, 0.15) is 30.8 Å². The van der Waals surface area contributed by atoms with Gasteiger partial charge in [-0.3, -0.25) is 9.48 Å². The second-order valence-electron chi connectivity index (χ2n) is 3.94. The number of ketones is 1. The quantitative estimate of drug-likeness (QED) is 0.728. The third-order valence-corrected chi connectivity index (χ3v) is 2.14. The molecule has 0 saturated heterocycles. The molecule has 0 aliphatic heterocycles. The number of rotatable bonds is 4. The lowest BCUT2D eigenvalue weighted by Gasteiger charge is -2.12. The van der Waals surface area contributed by atoms with Crippen LogP contribution in [-0.2, 0) is 7.05 Å². The van der Waals surface area contributed by atoms with E-state index < -0.39 is 6.04 Å². The molecule has 0 aliphatic rings. The first kappa shape index (κ1) is 10.9. The summed E-state index contributed by atoms with van der Waals surface area (Å²) in [5.41, 5.74) is 6.37. The van der Waals surface area contributed by atoms with Gasteiger partial charge in [-0.05, 0) is 18.4 Å². The summed E-state index contributed by atoms with van der Waals surface area (Å²) in [5.74, 6) is 0.404. The molecule has 14 heavy (non-hydrogen) atoms. The van der Waals surface area contributed by atoms with E-state index in [0.29, 0.717) is 18.0 Å². The largest absolute Gasteiger partial charge is 0.321 e. The van der Waals surface area contributed by atoms with Crippen molar-refractivity contribution in [1.29, 1.82) is 0 Å². The van der Waals surface area contributed by atoms with E-state index in [2.05, 4.69) is 18.9 Å². The maximum Gasteiger partial charge on any atom is 0.197 e. The topological polar surface area (TPSA) is 60.9 Å². The van der Waals surface area contributed by atoms with Crippen molar-refractivity contribution in [3.63, 3.8) is 0 Å². The first-order chi connectivity index (χ1) is 6.52. The minimum Gasteiger partial charge on any atom is -0.321 e. The van der Waals surface area contributed by atoms with Crippen LogP contribution in [-0.4, -0.2) is 21.6 Å². The lowest BCUT2D eigenvalue weighted by Crippen LogP contribution is -2.33. The van der Waals surface area contributed by atoms with E-state index in [1.807, 2.05) is 0 Å². The minimum atomic E-state index is -0.412. The van der Waals surface area contributed by atoms with E-state index in [4.69, 9.17) is 5.73 Å². The van der Waals surface area contributed by atoms with Gasteiger partial charge in [0.2, 0.25) is 0 Å². The first-order valence-electron chi connectivity index (χ1n) is 4.80. The van der Waals surface area contributed by atoms with Gasteiger partial charge in [0.05, 0.1) is 6.04 Å². The van der Waals surface area contributed by atoms with Crippen LogP contribution in [0.4, 0.5) is 0 Å². The summed E-state index contributed by atoms with van der Waals surface area (Å²) < 4.78 is 1.56. The third-order valence-electron chi connectivity index (χ3n) is 2.14. The van der Waals surface area contributed by atoms with Crippen LogP contribution >= 0.6 is 0 Å². The zero-order chi connectivity index (χ0) is 10.7. The standard InChI is InChI=1S/C10H17N3O/c1-7(2)6-8(11)10(14)9-4-5-12-13(9)3/h4-5,7-8H,6,11H2,1-3H3/t8-/m1/s1. The molecule has 1 aromatic heterocycles. The van der Waals surface area contributed by atoms with E-state index in [0.717, 1.165) is 0 Å². The fourth-order valence-electron chi connectivity index (χ4n) is 1.42. The molecule has 1 rings (SSSR count). The normalized spacial score (nSPS) is 13.2. The average molecular weight is 195 g/mol. The van der Waals surface area contributed by atoms with Crippen molar-refractivity contribution < 1.29 is 4.79 Å². The summed E-state index contributed by atoms with van der Waals surface area (Å²) in [6.45, 7) is 4.10. The van der Waals surface area contributed by atoms with Gasteiger partial charge in [0.25, 0.3) is 0 Å². The summed E-state index contributed by atoms with van der Waals surface area (Å²) in [4.78, 5) is 11.8. The number of nitrogens with two attached hydrogens (primary N) is 1. The first-order valence-corrected chi connectivity index (χ1v) is 4.80. The molecule has 2 N–H and O–H groups in total. The molecule has 0 bridgehead atoms. The number of carbonyl (C=O) groups excluding carboxylic acids is 1. The number of nitrogens with zero attached hydrogens (tertiary/aromatic N) is 2. The van der Waals surface area contributed by atoms with E-state index in [1.165, 1.54) is 0 Å². The van der Waals surface area contributed by atoms with Crippen LogP contribution in [0.5, 0.6) is 0 Å². The number of hydrogen-bond acceptors (Lipinski definition) is 3. The fraction of sp³-hybridized carbons (Fsp3) is 0.600. The Balaban J connectivity index is 2.71. The van der Waals surface area contributed by atoms with Crippen molar-refractivity contribution in [2.75, 3.05) is 0 Å². The van der Waals surface area contributed by atoms with Crippen molar-refractivity contribution in [1.82, 2.24) is 9.78 Å². The SMILES string of the molecule is CC(C)C[C@@H](N)C(=O)c1ccnn1C. The highest BCUT2D eigenvalue weighted by Crippen LogP contribution is 2.08. The zero-order valence-corrected chi connectivity index (χ0v) is 8.90. The molecule has 0 aliphatic carbocycles. The Morgan fingerprint density at radius 3 is 2.71 bits per heavy atom. The zero-order valence-electron chi connectivity index (χ0n) is 8.90. The molecule has 78 valence electrons. The summed E-state index contributed by atoms with van der Waals surface area (Å²) >= 11 is 0. The number of carbonyl (C=O) groups is 1. The highest BCUT2D eigenvalue weighted by Gasteiger charge is 2.19. The average Bonchev–Trinajstić information content (AvgIpc) is 2.48. The summed E-state index contributed by atoms with van der Waals surface area (Å²) in [6, 6.07) is 1.29. The molecular weight excluding hydrogens is 178 g/mol. The Kier molecular flexibility index (Phi) is 3.41. The van der Waals surface area contributed by atoms with Crippen LogP contribution in [0.2, 0.25) is 0 Å². The van der Waals surface area contributed by atoms with Crippen molar-refractivity contribution in [3.05, 3.63) is 18.0 Å². The van der Waals surface area contributed by atoms with Crippen LogP contribution < -0.4 is 5.73 Å². The number of aromatic nitrogens is 2. The fourth-order valence-corrected chi connectivity index (χ4v) is 1.42. The van der Waals surface area contributed by atoms with Gasteiger partial charge in [-0.1, -0.05) is 13.8 Å². The Bertz CT molecular complexity index is 317. The predicted molar refractivity (Wildman–Crippen MR) is 55.0 cm³/mol. The van der Waals surface area contributed by atoms with Crippen molar-refractivity contribution in [3.8, 4) is 0 Å². The Morgan fingerprint density at radius 2 is 2.29 bits per heavy atom. The molecule has 1 aromatic rings. The second-order valence-corrected chi connectivity index (χ2v) is 3.94. The molecule has 0 radical (unpaired) electrons. The minimum absolute atomic E-state index is 0.0290. The molecule has 0 amide bonds. The Hall–Kier alpha value is -1.16. The summed E-state index contributed by atoms with van der Waals surface area (Å²) in [6.07, 6.45) is 2.32. The van der Waals surface area contributed by atoms with Crippen LogP contribution in [0, 0.1) is 5.92 Å². The molecule has 1 atom stereocenters.